The van der Waals surface area contributed by atoms with Crippen LogP contribution in [0.3, 0.4) is 0 Å². The van der Waals surface area contributed by atoms with Crippen molar-refractivity contribution in [1.29, 1.82) is 0 Å². The highest BCUT2D eigenvalue weighted by atomic mass is 35.5. The van der Waals surface area contributed by atoms with Gasteiger partial charge in [0.25, 0.3) is 0 Å². The predicted octanol–water partition coefficient (Wildman–Crippen LogP) is 4.94. The summed E-state index contributed by atoms with van der Waals surface area (Å²) in [5.74, 6) is 0. The van der Waals surface area contributed by atoms with Gasteiger partial charge in [-0.25, -0.2) is 4.79 Å². The smallest absolute Gasteiger partial charge is 0.317 e. The highest BCUT2D eigenvalue weighted by molar-refractivity contribution is 7.10. The van der Waals surface area contributed by atoms with Gasteiger partial charge in [-0.3, -0.25) is 0 Å². The Balaban J connectivity index is 1.80. The van der Waals surface area contributed by atoms with E-state index in [2.05, 4.69) is 23.7 Å². The molecule has 110 valence electrons. The lowest BCUT2D eigenvalue weighted by Crippen LogP contribution is -2.41. The summed E-state index contributed by atoms with van der Waals surface area (Å²) in [5, 5.41) is 5.60. The zero-order valence-electron chi connectivity index (χ0n) is 11.8. The lowest BCUT2D eigenvalue weighted by atomic mass is 9.98. The number of anilines is 1. The number of rotatable bonds is 2. The van der Waals surface area contributed by atoms with E-state index in [1.165, 1.54) is 10.4 Å². The molecule has 3 nitrogen and oxygen atoms in total. The number of carbonyl (C=O) groups is 1. The van der Waals surface area contributed by atoms with Crippen LogP contribution in [0.4, 0.5) is 10.5 Å². The zero-order valence-corrected chi connectivity index (χ0v) is 13.4. The van der Waals surface area contributed by atoms with Crippen molar-refractivity contribution in [3.05, 3.63) is 51.2 Å². The Labute approximate surface area is 133 Å². The van der Waals surface area contributed by atoms with Gasteiger partial charge in [0.15, 0.2) is 0 Å². The Kier molecular flexibility index (Phi) is 4.17. The molecule has 0 aliphatic carbocycles. The number of urea groups is 1. The molecule has 0 radical (unpaired) electrons. The van der Waals surface area contributed by atoms with Crippen LogP contribution in [0.5, 0.6) is 0 Å². The van der Waals surface area contributed by atoms with Gasteiger partial charge in [-0.05, 0) is 42.0 Å². The Hall–Kier alpha value is -1.52. The van der Waals surface area contributed by atoms with Gasteiger partial charge >= 0.3 is 6.03 Å². The Bertz CT molecular complexity index is 655. The first kappa shape index (κ1) is 14.4. The number of hydrogen-bond acceptors (Lipinski definition) is 2. The van der Waals surface area contributed by atoms with Gasteiger partial charge in [-0.15, -0.1) is 11.3 Å². The van der Waals surface area contributed by atoms with E-state index in [0.29, 0.717) is 10.7 Å². The van der Waals surface area contributed by atoms with Crippen molar-refractivity contribution in [2.45, 2.75) is 25.8 Å². The number of hydrogen-bond donors (Lipinski definition) is 1. The molecule has 1 aliphatic rings. The third-order valence-electron chi connectivity index (χ3n) is 3.86. The van der Waals surface area contributed by atoms with Gasteiger partial charge in [0, 0.05) is 11.4 Å². The molecular formula is C16H17ClN2OS. The maximum atomic E-state index is 12.6. The number of amides is 2. The molecule has 21 heavy (non-hydrogen) atoms. The number of nitrogens with one attached hydrogen (secondary N) is 1. The summed E-state index contributed by atoms with van der Waals surface area (Å²) < 4.78 is 0. The van der Waals surface area contributed by atoms with E-state index in [9.17, 15) is 4.79 Å². The molecule has 0 fully saturated rings. The number of nitrogens with zero attached hydrogens (tertiary/aromatic N) is 1. The van der Waals surface area contributed by atoms with Crippen molar-refractivity contribution in [2.75, 3.05) is 11.9 Å². The lowest BCUT2D eigenvalue weighted by Gasteiger charge is -2.35. The monoisotopic (exact) mass is 320 g/mol. The maximum Gasteiger partial charge on any atom is 0.322 e. The number of benzene rings is 1. The molecule has 0 saturated heterocycles. The molecule has 2 aromatic rings. The number of carbonyl (C=O) groups excluding carboxylic acids is 1. The van der Waals surface area contributed by atoms with Crippen LogP contribution >= 0.6 is 22.9 Å². The highest BCUT2D eigenvalue weighted by Gasteiger charge is 2.30. The number of para-hydroxylation sites is 1. The standard InChI is InChI=1S/C16H17ClN2OS/c1-2-14-11-8-10-21-15(11)7-9-19(14)16(20)18-13-6-4-3-5-12(13)17/h3-6,8,10,14H,2,7,9H2,1H3,(H,18,20). The molecular weight excluding hydrogens is 304 g/mol. The fourth-order valence-corrected chi connectivity index (χ4v) is 3.94. The summed E-state index contributed by atoms with van der Waals surface area (Å²) >= 11 is 7.89. The van der Waals surface area contributed by atoms with Crippen LogP contribution in [0.25, 0.3) is 0 Å². The van der Waals surface area contributed by atoms with E-state index < -0.39 is 0 Å². The number of halogens is 1. The van der Waals surface area contributed by atoms with Crippen molar-refractivity contribution < 1.29 is 4.79 Å². The second-order valence-electron chi connectivity index (χ2n) is 5.08. The molecule has 1 aromatic heterocycles. The molecule has 1 aromatic carbocycles. The maximum absolute atomic E-state index is 12.6. The summed E-state index contributed by atoms with van der Waals surface area (Å²) in [6, 6.07) is 9.54. The van der Waals surface area contributed by atoms with Crippen LogP contribution < -0.4 is 5.32 Å². The van der Waals surface area contributed by atoms with E-state index in [4.69, 9.17) is 11.6 Å². The summed E-state index contributed by atoms with van der Waals surface area (Å²) in [6.45, 7) is 2.87. The third-order valence-corrected chi connectivity index (χ3v) is 5.18. The second kappa shape index (κ2) is 6.08. The van der Waals surface area contributed by atoms with Gasteiger partial charge < -0.3 is 10.2 Å². The van der Waals surface area contributed by atoms with Crippen LogP contribution in [-0.2, 0) is 6.42 Å². The van der Waals surface area contributed by atoms with Gasteiger partial charge in [0.05, 0.1) is 16.8 Å². The van der Waals surface area contributed by atoms with E-state index in [0.717, 1.165) is 19.4 Å². The van der Waals surface area contributed by atoms with Crippen LogP contribution in [0.2, 0.25) is 5.02 Å². The zero-order chi connectivity index (χ0) is 14.8. The normalized spacial score (nSPS) is 17.4. The third kappa shape index (κ3) is 2.78. The predicted molar refractivity (Wildman–Crippen MR) is 88.2 cm³/mol. The van der Waals surface area contributed by atoms with Crippen molar-refractivity contribution in [3.63, 3.8) is 0 Å². The van der Waals surface area contributed by atoms with Crippen LogP contribution in [0.1, 0.15) is 29.8 Å². The fourth-order valence-electron chi connectivity index (χ4n) is 2.83. The molecule has 1 unspecified atom stereocenters. The van der Waals surface area contributed by atoms with Gasteiger partial charge in [-0.1, -0.05) is 30.7 Å². The minimum absolute atomic E-state index is 0.0770. The topological polar surface area (TPSA) is 32.3 Å². The molecule has 5 heteroatoms. The van der Waals surface area contributed by atoms with Gasteiger partial charge in [0.2, 0.25) is 0 Å². The Morgan fingerprint density at radius 1 is 1.43 bits per heavy atom. The largest absolute Gasteiger partial charge is 0.322 e. The highest BCUT2D eigenvalue weighted by Crippen LogP contribution is 2.35. The average Bonchev–Trinajstić information content (AvgIpc) is 2.97. The van der Waals surface area contributed by atoms with E-state index in [1.807, 2.05) is 23.1 Å². The first-order chi connectivity index (χ1) is 10.2. The summed E-state index contributed by atoms with van der Waals surface area (Å²) in [7, 11) is 0. The molecule has 0 saturated carbocycles. The summed E-state index contributed by atoms with van der Waals surface area (Å²) in [4.78, 5) is 15.9. The molecule has 0 bridgehead atoms. The second-order valence-corrected chi connectivity index (χ2v) is 6.48. The number of fused-ring (bicyclic) bond motifs is 1. The summed E-state index contributed by atoms with van der Waals surface area (Å²) in [5.41, 5.74) is 1.96. The van der Waals surface area contributed by atoms with Crippen molar-refractivity contribution in [3.8, 4) is 0 Å². The molecule has 3 rings (SSSR count). The van der Waals surface area contributed by atoms with Crippen LogP contribution in [0.15, 0.2) is 35.7 Å². The Morgan fingerprint density at radius 2 is 2.24 bits per heavy atom. The molecule has 1 atom stereocenters. The van der Waals surface area contributed by atoms with E-state index >= 15 is 0 Å². The quantitative estimate of drug-likeness (QED) is 0.835. The van der Waals surface area contributed by atoms with Crippen LogP contribution in [0, 0.1) is 0 Å². The van der Waals surface area contributed by atoms with Crippen molar-refractivity contribution in [2.24, 2.45) is 0 Å². The average molecular weight is 321 g/mol. The Morgan fingerprint density at radius 3 is 3.00 bits per heavy atom. The van der Waals surface area contributed by atoms with E-state index in [1.54, 1.807) is 17.4 Å². The molecule has 1 aliphatic heterocycles. The van der Waals surface area contributed by atoms with Crippen molar-refractivity contribution >= 4 is 34.7 Å². The minimum Gasteiger partial charge on any atom is -0.317 e. The first-order valence-electron chi connectivity index (χ1n) is 7.09. The molecule has 2 heterocycles. The molecule has 2 amide bonds. The number of thiophene rings is 1. The first-order valence-corrected chi connectivity index (χ1v) is 8.35. The molecule has 1 N–H and O–H groups in total. The molecule has 0 spiro atoms. The van der Waals surface area contributed by atoms with Gasteiger partial charge in [-0.2, -0.15) is 0 Å². The summed E-state index contributed by atoms with van der Waals surface area (Å²) in [6.07, 6.45) is 1.85. The van der Waals surface area contributed by atoms with Crippen LogP contribution in [-0.4, -0.2) is 17.5 Å². The van der Waals surface area contributed by atoms with Gasteiger partial charge in [0.1, 0.15) is 0 Å². The minimum atomic E-state index is -0.0770. The van der Waals surface area contributed by atoms with Crippen molar-refractivity contribution in [1.82, 2.24) is 4.90 Å². The van der Waals surface area contributed by atoms with E-state index in [-0.39, 0.29) is 12.1 Å². The lowest BCUT2D eigenvalue weighted by molar-refractivity contribution is 0.181. The fraction of sp³-hybridized carbons (Fsp3) is 0.312. The SMILES string of the molecule is CCC1c2ccsc2CCN1C(=O)Nc1ccccc1Cl.